The van der Waals surface area contributed by atoms with Gasteiger partial charge in [0, 0.05) is 5.69 Å². The highest BCUT2D eigenvalue weighted by molar-refractivity contribution is 6.33. The van der Waals surface area contributed by atoms with Crippen molar-refractivity contribution in [3.63, 3.8) is 0 Å². The molecule has 4 nitrogen and oxygen atoms in total. The lowest BCUT2D eigenvalue weighted by atomic mass is 10.2. The molecule has 0 saturated carbocycles. The molecule has 2 aromatic carbocycles. The Hall–Kier alpha value is -2.59. The average Bonchev–Trinajstić information content (AvgIpc) is 2.83. The summed E-state index contributed by atoms with van der Waals surface area (Å²) in [4.78, 5) is 12.5. The van der Waals surface area contributed by atoms with Crippen LogP contribution in [0.3, 0.4) is 0 Å². The molecule has 0 aliphatic rings. The molecule has 1 amide bonds. The van der Waals surface area contributed by atoms with Gasteiger partial charge in [-0.3, -0.25) is 4.79 Å². The smallest absolute Gasteiger partial charge is 0.260 e. The van der Waals surface area contributed by atoms with Crippen molar-refractivity contribution in [1.82, 2.24) is 9.78 Å². The molecule has 0 fully saturated rings. The maximum Gasteiger partial charge on any atom is 0.260 e. The minimum Gasteiger partial charge on any atom is -0.322 e. The second-order valence-electron chi connectivity index (χ2n) is 5.21. The molecule has 0 aliphatic carbocycles. The molecule has 3 aromatic rings. The summed E-state index contributed by atoms with van der Waals surface area (Å²) >= 11 is 6.38. The van der Waals surface area contributed by atoms with Crippen molar-refractivity contribution in [3.8, 4) is 0 Å². The molecular formula is C18H16ClN3O. The van der Waals surface area contributed by atoms with Crippen LogP contribution in [0.15, 0.2) is 60.7 Å². The Labute approximate surface area is 139 Å². The Morgan fingerprint density at radius 3 is 2.35 bits per heavy atom. The lowest BCUT2D eigenvalue weighted by molar-refractivity contribution is 0.102. The number of halogens is 1. The largest absolute Gasteiger partial charge is 0.322 e. The van der Waals surface area contributed by atoms with Gasteiger partial charge in [0.05, 0.1) is 17.8 Å². The van der Waals surface area contributed by atoms with Crippen molar-refractivity contribution < 1.29 is 4.79 Å². The predicted octanol–water partition coefficient (Wildman–Crippen LogP) is 4.15. The molecular weight excluding hydrogens is 310 g/mol. The Morgan fingerprint density at radius 1 is 1.09 bits per heavy atom. The van der Waals surface area contributed by atoms with Gasteiger partial charge in [0.1, 0.15) is 5.15 Å². The van der Waals surface area contributed by atoms with Crippen molar-refractivity contribution in [2.45, 2.75) is 13.5 Å². The number of aryl methyl sites for hydroxylation is 1. The van der Waals surface area contributed by atoms with Crippen molar-refractivity contribution in [2.75, 3.05) is 5.32 Å². The zero-order chi connectivity index (χ0) is 16.2. The standard InChI is InChI=1S/C18H16ClN3O/c1-13-16(18(23)20-15-10-6-3-7-11-15)17(19)22(21-13)12-14-8-4-2-5-9-14/h2-11H,12H2,1H3,(H,20,23). The van der Waals surface area contributed by atoms with E-state index in [4.69, 9.17) is 11.6 Å². The summed E-state index contributed by atoms with van der Waals surface area (Å²) in [6.45, 7) is 2.31. The third-order valence-electron chi connectivity index (χ3n) is 3.50. The van der Waals surface area contributed by atoms with Crippen LogP contribution >= 0.6 is 11.6 Å². The number of carbonyl (C=O) groups excluding carboxylic acids is 1. The van der Waals surface area contributed by atoms with Gasteiger partial charge in [0.15, 0.2) is 0 Å². The number of rotatable bonds is 4. The summed E-state index contributed by atoms with van der Waals surface area (Å²) in [5.74, 6) is -0.252. The topological polar surface area (TPSA) is 46.9 Å². The molecule has 0 unspecified atom stereocenters. The summed E-state index contributed by atoms with van der Waals surface area (Å²) in [6.07, 6.45) is 0. The number of aromatic nitrogens is 2. The number of nitrogens with one attached hydrogen (secondary N) is 1. The van der Waals surface area contributed by atoms with Crippen LogP contribution in [0.1, 0.15) is 21.6 Å². The van der Waals surface area contributed by atoms with Gasteiger partial charge >= 0.3 is 0 Å². The molecule has 0 radical (unpaired) electrons. The normalized spacial score (nSPS) is 10.5. The van der Waals surface area contributed by atoms with Crippen LogP contribution in [0.5, 0.6) is 0 Å². The van der Waals surface area contributed by atoms with Crippen LogP contribution < -0.4 is 5.32 Å². The lowest BCUT2D eigenvalue weighted by Gasteiger charge is -2.05. The summed E-state index contributed by atoms with van der Waals surface area (Å²) < 4.78 is 1.64. The van der Waals surface area contributed by atoms with E-state index in [9.17, 15) is 4.79 Å². The summed E-state index contributed by atoms with van der Waals surface area (Å²) in [6, 6.07) is 19.2. The van der Waals surface area contributed by atoms with Gasteiger partial charge < -0.3 is 5.32 Å². The Kier molecular flexibility index (Phi) is 4.44. The fourth-order valence-electron chi connectivity index (χ4n) is 2.39. The van der Waals surface area contributed by atoms with Gasteiger partial charge in [-0.15, -0.1) is 0 Å². The second-order valence-corrected chi connectivity index (χ2v) is 5.57. The van der Waals surface area contributed by atoms with Gasteiger partial charge in [0.2, 0.25) is 0 Å². The Balaban J connectivity index is 1.84. The third kappa shape index (κ3) is 3.43. The summed E-state index contributed by atoms with van der Waals surface area (Å²) in [7, 11) is 0. The first-order valence-electron chi connectivity index (χ1n) is 7.28. The van der Waals surface area contributed by atoms with Crippen LogP contribution in [0, 0.1) is 6.92 Å². The lowest BCUT2D eigenvalue weighted by Crippen LogP contribution is -2.13. The van der Waals surface area contributed by atoms with E-state index in [0.717, 1.165) is 11.3 Å². The van der Waals surface area contributed by atoms with Gasteiger partial charge in [-0.25, -0.2) is 4.68 Å². The number of anilines is 1. The van der Waals surface area contributed by atoms with Gasteiger partial charge in [-0.2, -0.15) is 5.10 Å². The van der Waals surface area contributed by atoms with Gasteiger partial charge in [0.25, 0.3) is 5.91 Å². The number of hydrogen-bond donors (Lipinski definition) is 1. The number of para-hydroxylation sites is 1. The number of benzene rings is 2. The number of amides is 1. The van der Waals surface area contributed by atoms with E-state index in [1.165, 1.54) is 0 Å². The molecule has 0 atom stereocenters. The minimum atomic E-state index is -0.252. The number of nitrogens with zero attached hydrogens (tertiary/aromatic N) is 2. The summed E-state index contributed by atoms with van der Waals surface area (Å²) in [5.41, 5.74) is 2.82. The fraction of sp³-hybridized carbons (Fsp3) is 0.111. The highest BCUT2D eigenvalue weighted by atomic mass is 35.5. The van der Waals surface area contributed by atoms with E-state index in [2.05, 4.69) is 10.4 Å². The first-order valence-corrected chi connectivity index (χ1v) is 7.66. The predicted molar refractivity (Wildman–Crippen MR) is 91.9 cm³/mol. The molecule has 1 aromatic heterocycles. The number of hydrogen-bond acceptors (Lipinski definition) is 2. The molecule has 116 valence electrons. The highest BCUT2D eigenvalue weighted by Gasteiger charge is 2.20. The van der Waals surface area contributed by atoms with Gasteiger partial charge in [-0.05, 0) is 24.6 Å². The van der Waals surface area contributed by atoms with Crippen molar-refractivity contribution in [3.05, 3.63) is 82.6 Å². The maximum absolute atomic E-state index is 12.5. The maximum atomic E-state index is 12.5. The van der Waals surface area contributed by atoms with Crippen molar-refractivity contribution in [2.24, 2.45) is 0 Å². The molecule has 0 bridgehead atoms. The molecule has 23 heavy (non-hydrogen) atoms. The van der Waals surface area contributed by atoms with Crippen LogP contribution in [0.4, 0.5) is 5.69 Å². The zero-order valence-corrected chi connectivity index (χ0v) is 13.4. The number of carbonyl (C=O) groups is 1. The molecule has 1 N–H and O–H groups in total. The van der Waals surface area contributed by atoms with Crippen molar-refractivity contribution in [1.29, 1.82) is 0 Å². The molecule has 0 saturated heterocycles. The first kappa shape index (κ1) is 15.3. The molecule has 0 spiro atoms. The van der Waals surface area contributed by atoms with E-state index >= 15 is 0 Å². The van der Waals surface area contributed by atoms with E-state index in [-0.39, 0.29) is 5.91 Å². The minimum absolute atomic E-state index is 0.252. The summed E-state index contributed by atoms with van der Waals surface area (Å²) in [5, 5.41) is 7.58. The highest BCUT2D eigenvalue weighted by Crippen LogP contribution is 2.22. The van der Waals surface area contributed by atoms with Gasteiger partial charge in [-0.1, -0.05) is 60.1 Å². The Bertz CT molecular complexity index is 813. The zero-order valence-electron chi connectivity index (χ0n) is 12.7. The molecule has 0 aliphatic heterocycles. The Morgan fingerprint density at radius 2 is 1.70 bits per heavy atom. The molecule has 5 heteroatoms. The third-order valence-corrected chi connectivity index (χ3v) is 3.88. The molecule has 3 rings (SSSR count). The van der Waals surface area contributed by atoms with Crippen molar-refractivity contribution >= 4 is 23.2 Å². The van der Waals surface area contributed by atoms with E-state index in [0.29, 0.717) is 23.0 Å². The fourth-order valence-corrected chi connectivity index (χ4v) is 2.71. The monoisotopic (exact) mass is 325 g/mol. The first-order chi connectivity index (χ1) is 11.1. The van der Waals surface area contributed by atoms with Crippen LogP contribution in [-0.4, -0.2) is 15.7 Å². The quantitative estimate of drug-likeness (QED) is 0.783. The second kappa shape index (κ2) is 6.67. The SMILES string of the molecule is Cc1nn(Cc2ccccc2)c(Cl)c1C(=O)Nc1ccccc1. The van der Waals surface area contributed by atoms with E-state index in [1.807, 2.05) is 60.7 Å². The van der Waals surface area contributed by atoms with E-state index < -0.39 is 0 Å². The van der Waals surface area contributed by atoms with Crippen LogP contribution in [0.25, 0.3) is 0 Å². The molecule has 1 heterocycles. The van der Waals surface area contributed by atoms with E-state index in [1.54, 1.807) is 11.6 Å². The van der Waals surface area contributed by atoms with Crippen LogP contribution in [0.2, 0.25) is 5.15 Å². The van der Waals surface area contributed by atoms with Crippen LogP contribution in [-0.2, 0) is 6.54 Å². The average molecular weight is 326 g/mol.